The Morgan fingerprint density at radius 2 is 2.04 bits per heavy atom. The number of hydrogen-bond acceptors (Lipinski definition) is 5. The van der Waals surface area contributed by atoms with Gasteiger partial charge in [-0.1, -0.05) is 18.2 Å². The number of methoxy groups -OCH3 is 1. The summed E-state index contributed by atoms with van der Waals surface area (Å²) in [7, 11) is 1.71. The van der Waals surface area contributed by atoms with Gasteiger partial charge < -0.3 is 19.5 Å². The van der Waals surface area contributed by atoms with Crippen LogP contribution in [-0.4, -0.2) is 39.7 Å². The Balaban J connectivity index is 0.00000261. The van der Waals surface area contributed by atoms with Crippen LogP contribution in [0.5, 0.6) is 17.2 Å². The van der Waals surface area contributed by atoms with E-state index in [0.717, 1.165) is 56.2 Å². The van der Waals surface area contributed by atoms with Crippen molar-refractivity contribution in [2.45, 2.75) is 24.2 Å². The molecule has 4 nitrogen and oxygen atoms in total. The van der Waals surface area contributed by atoms with Gasteiger partial charge in [0.2, 0.25) is 0 Å². The molecule has 1 aliphatic rings. The third-order valence-electron chi connectivity index (χ3n) is 4.47. The molecule has 0 amide bonds. The zero-order chi connectivity index (χ0) is 18.2. The van der Waals surface area contributed by atoms with E-state index in [4.69, 9.17) is 14.2 Å². The zero-order valence-corrected chi connectivity index (χ0v) is 17.6. The maximum absolute atomic E-state index is 5.92. The van der Waals surface area contributed by atoms with Gasteiger partial charge in [-0.25, -0.2) is 0 Å². The van der Waals surface area contributed by atoms with Crippen LogP contribution in [0, 0.1) is 0 Å². The quantitative estimate of drug-likeness (QED) is 0.491. The highest BCUT2D eigenvalue weighted by Gasteiger charge is 2.14. The fourth-order valence-corrected chi connectivity index (χ4v) is 3.72. The molecular formula is C21H28ClNO3S. The first-order chi connectivity index (χ1) is 12.8. The lowest BCUT2D eigenvalue weighted by atomic mass is 10.1. The van der Waals surface area contributed by atoms with E-state index in [1.54, 1.807) is 18.9 Å². The van der Waals surface area contributed by atoms with Crippen molar-refractivity contribution in [3.05, 3.63) is 47.5 Å². The molecule has 0 aliphatic carbocycles. The van der Waals surface area contributed by atoms with E-state index in [1.165, 1.54) is 16.0 Å². The molecule has 0 aromatic heterocycles. The van der Waals surface area contributed by atoms with Crippen LogP contribution in [0.4, 0.5) is 0 Å². The summed E-state index contributed by atoms with van der Waals surface area (Å²) >= 11 is 1.71. The van der Waals surface area contributed by atoms with Crippen LogP contribution in [0.1, 0.15) is 17.5 Å². The summed E-state index contributed by atoms with van der Waals surface area (Å²) in [6.07, 6.45) is 5.22. The molecule has 148 valence electrons. The Bertz CT molecular complexity index is 727. The lowest BCUT2D eigenvalue weighted by molar-refractivity contribution is 0.251. The van der Waals surface area contributed by atoms with Crippen molar-refractivity contribution in [2.24, 2.45) is 0 Å². The molecule has 0 bridgehead atoms. The standard InChI is InChI=1S/C21H27NO3S.ClH/c1-23-18-9-8-16(15-20(18)26-2)10-11-22-12-14-24-19-7-3-5-17-6-4-13-25-21(17)19;/h3,5,7-9,15,22H,4,6,10-14H2,1-2H3;1H. The van der Waals surface area contributed by atoms with E-state index in [0.29, 0.717) is 6.61 Å². The van der Waals surface area contributed by atoms with Gasteiger partial charge in [0.15, 0.2) is 11.5 Å². The fraction of sp³-hybridized carbons (Fsp3) is 0.429. The van der Waals surface area contributed by atoms with Crippen molar-refractivity contribution in [1.29, 1.82) is 0 Å². The summed E-state index contributed by atoms with van der Waals surface area (Å²) in [6.45, 7) is 3.16. The number of nitrogens with one attached hydrogen (secondary N) is 1. The molecule has 27 heavy (non-hydrogen) atoms. The van der Waals surface area contributed by atoms with Crippen LogP contribution in [0.15, 0.2) is 41.3 Å². The van der Waals surface area contributed by atoms with Gasteiger partial charge in [0, 0.05) is 11.4 Å². The smallest absolute Gasteiger partial charge is 0.164 e. The number of para-hydroxylation sites is 1. The Labute approximate surface area is 172 Å². The van der Waals surface area contributed by atoms with Crippen LogP contribution >= 0.6 is 24.2 Å². The molecule has 0 radical (unpaired) electrons. The summed E-state index contributed by atoms with van der Waals surface area (Å²) in [5.41, 5.74) is 2.57. The third kappa shape index (κ3) is 5.96. The molecule has 0 atom stereocenters. The molecule has 0 saturated carbocycles. The number of aryl methyl sites for hydroxylation is 1. The van der Waals surface area contributed by atoms with E-state index < -0.39 is 0 Å². The SMILES string of the molecule is COc1ccc(CCNCCOc2cccc3c2OCCC3)cc1SC.Cl. The van der Waals surface area contributed by atoms with Crippen molar-refractivity contribution >= 4 is 24.2 Å². The molecule has 0 unspecified atom stereocenters. The zero-order valence-electron chi connectivity index (χ0n) is 16.0. The van der Waals surface area contributed by atoms with Gasteiger partial charge in [-0.15, -0.1) is 24.2 Å². The van der Waals surface area contributed by atoms with Crippen molar-refractivity contribution < 1.29 is 14.2 Å². The third-order valence-corrected chi connectivity index (χ3v) is 5.23. The number of benzene rings is 2. The molecule has 6 heteroatoms. The molecule has 1 N–H and O–H groups in total. The van der Waals surface area contributed by atoms with E-state index in [2.05, 4.69) is 29.8 Å². The number of fused-ring (bicyclic) bond motifs is 1. The molecule has 3 rings (SSSR count). The summed E-state index contributed by atoms with van der Waals surface area (Å²) in [5.74, 6) is 2.74. The van der Waals surface area contributed by atoms with Crippen LogP contribution in [0.2, 0.25) is 0 Å². The van der Waals surface area contributed by atoms with Gasteiger partial charge >= 0.3 is 0 Å². The average molecular weight is 410 g/mol. The predicted octanol–water partition coefficient (Wildman–Crippen LogP) is 4.38. The maximum atomic E-state index is 5.92. The average Bonchev–Trinajstić information content (AvgIpc) is 2.70. The first-order valence-corrected chi connectivity index (χ1v) is 10.3. The second kappa shape index (κ2) is 11.3. The van der Waals surface area contributed by atoms with Gasteiger partial charge in [-0.3, -0.25) is 0 Å². The molecule has 2 aromatic carbocycles. The minimum absolute atomic E-state index is 0. The van der Waals surface area contributed by atoms with Crippen LogP contribution in [-0.2, 0) is 12.8 Å². The first kappa shape index (κ1) is 21.7. The van der Waals surface area contributed by atoms with Gasteiger partial charge in [0.25, 0.3) is 0 Å². The number of ether oxygens (including phenoxy) is 3. The van der Waals surface area contributed by atoms with E-state index in [9.17, 15) is 0 Å². The normalized spacial score (nSPS) is 12.5. The van der Waals surface area contributed by atoms with Crippen molar-refractivity contribution in [3.8, 4) is 17.2 Å². The monoisotopic (exact) mass is 409 g/mol. The molecule has 1 aliphatic heterocycles. The lowest BCUT2D eigenvalue weighted by Gasteiger charge is -2.20. The topological polar surface area (TPSA) is 39.7 Å². The largest absolute Gasteiger partial charge is 0.496 e. The minimum Gasteiger partial charge on any atom is -0.496 e. The summed E-state index contributed by atoms with van der Waals surface area (Å²) in [5, 5.41) is 3.45. The number of hydrogen-bond donors (Lipinski definition) is 1. The molecular weight excluding hydrogens is 382 g/mol. The van der Waals surface area contributed by atoms with Gasteiger partial charge in [0.1, 0.15) is 12.4 Å². The van der Waals surface area contributed by atoms with Crippen LogP contribution in [0.25, 0.3) is 0 Å². The van der Waals surface area contributed by atoms with Gasteiger partial charge in [-0.05, 0) is 61.4 Å². The molecule has 2 aromatic rings. The minimum atomic E-state index is 0. The summed E-state index contributed by atoms with van der Waals surface area (Å²) in [4.78, 5) is 1.18. The van der Waals surface area contributed by atoms with E-state index in [1.807, 2.05) is 18.2 Å². The lowest BCUT2D eigenvalue weighted by Crippen LogP contribution is -2.23. The molecule has 0 spiro atoms. The second-order valence-electron chi connectivity index (χ2n) is 6.23. The highest BCUT2D eigenvalue weighted by molar-refractivity contribution is 7.98. The molecule has 0 fully saturated rings. The Morgan fingerprint density at radius 3 is 2.85 bits per heavy atom. The predicted molar refractivity (Wildman–Crippen MR) is 114 cm³/mol. The summed E-state index contributed by atoms with van der Waals surface area (Å²) in [6, 6.07) is 12.5. The van der Waals surface area contributed by atoms with Gasteiger partial charge in [0.05, 0.1) is 13.7 Å². The van der Waals surface area contributed by atoms with Crippen molar-refractivity contribution in [3.63, 3.8) is 0 Å². The Kier molecular flexibility index (Phi) is 9.11. The van der Waals surface area contributed by atoms with Crippen molar-refractivity contribution in [1.82, 2.24) is 5.32 Å². The highest BCUT2D eigenvalue weighted by atomic mass is 35.5. The second-order valence-corrected chi connectivity index (χ2v) is 7.08. The Morgan fingerprint density at radius 1 is 1.15 bits per heavy atom. The van der Waals surface area contributed by atoms with Crippen molar-refractivity contribution in [2.75, 3.05) is 39.7 Å². The number of thioether (sulfide) groups is 1. The van der Waals surface area contributed by atoms with E-state index in [-0.39, 0.29) is 12.4 Å². The Hall–Kier alpha value is -1.56. The number of halogens is 1. The number of rotatable bonds is 9. The fourth-order valence-electron chi connectivity index (χ4n) is 3.10. The van der Waals surface area contributed by atoms with Gasteiger partial charge in [-0.2, -0.15) is 0 Å². The van der Waals surface area contributed by atoms with E-state index >= 15 is 0 Å². The van der Waals surface area contributed by atoms with Crippen LogP contribution < -0.4 is 19.5 Å². The highest BCUT2D eigenvalue weighted by Crippen LogP contribution is 2.34. The first-order valence-electron chi connectivity index (χ1n) is 9.11. The maximum Gasteiger partial charge on any atom is 0.164 e. The van der Waals surface area contributed by atoms with Crippen LogP contribution in [0.3, 0.4) is 0 Å². The summed E-state index contributed by atoms with van der Waals surface area (Å²) < 4.78 is 17.1. The molecule has 0 saturated heterocycles. The molecule has 1 heterocycles.